The Morgan fingerprint density at radius 2 is 1.95 bits per heavy atom. The molecule has 0 aliphatic heterocycles. The number of hydrogen-bond donors (Lipinski definition) is 1. The fourth-order valence-electron chi connectivity index (χ4n) is 2.01. The molecule has 6 nitrogen and oxygen atoms in total. The van der Waals surface area contributed by atoms with E-state index in [0.717, 1.165) is 0 Å². The summed E-state index contributed by atoms with van der Waals surface area (Å²) in [5, 5.41) is 9.06. The van der Waals surface area contributed by atoms with Crippen LogP contribution < -0.4 is 9.47 Å². The molecule has 0 spiro atoms. The van der Waals surface area contributed by atoms with Crippen molar-refractivity contribution in [2.45, 2.75) is 19.8 Å². The minimum atomic E-state index is -1.33. The fourth-order valence-corrected chi connectivity index (χ4v) is 2.01. The second-order valence-electron chi connectivity index (χ2n) is 4.46. The predicted molar refractivity (Wildman–Crippen MR) is 75.6 cm³/mol. The van der Waals surface area contributed by atoms with Crippen molar-refractivity contribution >= 4 is 11.9 Å². The minimum absolute atomic E-state index is 0.0528. The van der Waals surface area contributed by atoms with Crippen LogP contribution in [0.15, 0.2) is 12.1 Å². The van der Waals surface area contributed by atoms with Gasteiger partial charge in [-0.15, -0.1) is 0 Å². The van der Waals surface area contributed by atoms with Gasteiger partial charge in [-0.05, 0) is 31.4 Å². The molecule has 1 N–H and O–H groups in total. The number of carbonyl (C=O) groups is 2. The fraction of sp³-hybridized carbons (Fsp3) is 0.467. The van der Waals surface area contributed by atoms with Gasteiger partial charge in [0, 0.05) is 0 Å². The highest BCUT2D eigenvalue weighted by Crippen LogP contribution is 2.32. The van der Waals surface area contributed by atoms with E-state index in [4.69, 9.17) is 19.3 Å². The van der Waals surface area contributed by atoms with Crippen LogP contribution in [0.1, 0.15) is 18.9 Å². The maximum Gasteiger partial charge on any atom is 0.320 e. The third-order valence-corrected chi connectivity index (χ3v) is 3.14. The SMILES string of the molecule is CCOC(=O)C(CCc1ccc(OC)c(OC)c1F)C(=O)O. The summed E-state index contributed by atoms with van der Waals surface area (Å²) >= 11 is 0. The number of carboxylic acids is 1. The smallest absolute Gasteiger partial charge is 0.320 e. The molecule has 1 atom stereocenters. The van der Waals surface area contributed by atoms with Gasteiger partial charge in [0.25, 0.3) is 0 Å². The standard InChI is InChI=1S/C15H19FO6/c1-4-22-15(19)10(14(17)18)7-5-9-6-8-11(20-2)13(21-3)12(9)16/h6,8,10H,4-5,7H2,1-3H3,(H,17,18). The number of methoxy groups -OCH3 is 2. The van der Waals surface area contributed by atoms with Crippen molar-refractivity contribution in [1.82, 2.24) is 0 Å². The maximum absolute atomic E-state index is 14.3. The third kappa shape index (κ3) is 4.09. The van der Waals surface area contributed by atoms with Crippen molar-refractivity contribution in [2.75, 3.05) is 20.8 Å². The molecule has 0 bridgehead atoms. The predicted octanol–water partition coefficient (Wildman–Crippen LogP) is 2.04. The Morgan fingerprint density at radius 1 is 1.27 bits per heavy atom. The second-order valence-corrected chi connectivity index (χ2v) is 4.46. The van der Waals surface area contributed by atoms with Crippen LogP contribution in [0.25, 0.3) is 0 Å². The summed E-state index contributed by atoms with van der Waals surface area (Å²) in [6.07, 6.45) is -0.0114. The van der Waals surface area contributed by atoms with Crippen LogP contribution in [0.3, 0.4) is 0 Å². The first-order valence-electron chi connectivity index (χ1n) is 6.75. The van der Waals surface area contributed by atoms with E-state index < -0.39 is 23.7 Å². The molecule has 0 aromatic heterocycles. The number of carboxylic acid groups (broad SMARTS) is 1. The van der Waals surface area contributed by atoms with E-state index in [1.807, 2.05) is 0 Å². The average molecular weight is 314 g/mol. The van der Waals surface area contributed by atoms with Gasteiger partial charge in [0.2, 0.25) is 0 Å². The molecule has 1 unspecified atom stereocenters. The lowest BCUT2D eigenvalue weighted by Gasteiger charge is -2.14. The number of aliphatic carboxylic acids is 1. The maximum atomic E-state index is 14.3. The first-order chi connectivity index (χ1) is 10.5. The molecule has 0 saturated carbocycles. The van der Waals surface area contributed by atoms with Crippen LogP contribution in [0, 0.1) is 11.7 Å². The normalized spacial score (nSPS) is 11.6. The van der Waals surface area contributed by atoms with Crippen LogP contribution in [0.4, 0.5) is 4.39 Å². The van der Waals surface area contributed by atoms with Crippen LogP contribution >= 0.6 is 0 Å². The lowest BCUT2D eigenvalue weighted by Crippen LogP contribution is -2.26. The lowest BCUT2D eigenvalue weighted by molar-refractivity contribution is -0.158. The summed E-state index contributed by atoms with van der Waals surface area (Å²) in [7, 11) is 2.70. The van der Waals surface area contributed by atoms with Crippen molar-refractivity contribution in [3.63, 3.8) is 0 Å². The number of carbonyl (C=O) groups excluding carboxylic acids is 1. The molecule has 0 saturated heterocycles. The minimum Gasteiger partial charge on any atom is -0.493 e. The lowest BCUT2D eigenvalue weighted by atomic mass is 9.99. The van der Waals surface area contributed by atoms with Gasteiger partial charge in [-0.1, -0.05) is 6.07 Å². The Bertz CT molecular complexity index is 543. The number of benzene rings is 1. The zero-order chi connectivity index (χ0) is 16.7. The van der Waals surface area contributed by atoms with Crippen LogP contribution in [-0.2, 0) is 20.7 Å². The summed E-state index contributed by atoms with van der Waals surface area (Å²) in [6, 6.07) is 3.00. The summed E-state index contributed by atoms with van der Waals surface area (Å²) in [4.78, 5) is 22.7. The molecule has 0 heterocycles. The molecule has 1 rings (SSSR count). The van der Waals surface area contributed by atoms with Gasteiger partial charge in [0.1, 0.15) is 0 Å². The molecule has 122 valence electrons. The van der Waals surface area contributed by atoms with E-state index in [1.165, 1.54) is 26.4 Å². The molecular formula is C15H19FO6. The van der Waals surface area contributed by atoms with Gasteiger partial charge in [0.05, 0.1) is 20.8 Å². The third-order valence-electron chi connectivity index (χ3n) is 3.14. The van der Waals surface area contributed by atoms with Gasteiger partial charge in [-0.25, -0.2) is 4.39 Å². The van der Waals surface area contributed by atoms with Crippen molar-refractivity contribution in [3.05, 3.63) is 23.5 Å². The Balaban J connectivity index is 2.90. The topological polar surface area (TPSA) is 82.1 Å². The van der Waals surface area contributed by atoms with E-state index >= 15 is 0 Å². The number of hydrogen-bond acceptors (Lipinski definition) is 5. The van der Waals surface area contributed by atoms with Gasteiger partial charge in [0.15, 0.2) is 23.2 Å². The Labute approximate surface area is 127 Å². The number of esters is 1. The molecule has 0 radical (unpaired) electrons. The van der Waals surface area contributed by atoms with Gasteiger partial charge in [-0.3, -0.25) is 9.59 Å². The van der Waals surface area contributed by atoms with Gasteiger partial charge in [-0.2, -0.15) is 0 Å². The van der Waals surface area contributed by atoms with Crippen LogP contribution in [0.5, 0.6) is 11.5 Å². The molecule has 0 fully saturated rings. The summed E-state index contributed by atoms with van der Waals surface area (Å²) in [5.74, 6) is -3.88. The zero-order valence-electron chi connectivity index (χ0n) is 12.7. The molecule has 1 aromatic rings. The largest absolute Gasteiger partial charge is 0.493 e. The summed E-state index contributed by atoms with van der Waals surface area (Å²) < 4.78 is 28.9. The number of halogens is 1. The molecule has 0 aliphatic rings. The quantitative estimate of drug-likeness (QED) is 0.584. The first-order valence-corrected chi connectivity index (χ1v) is 6.75. The Kier molecular flexibility index (Phi) is 6.62. The molecular weight excluding hydrogens is 295 g/mol. The van der Waals surface area contributed by atoms with Crippen molar-refractivity contribution in [3.8, 4) is 11.5 Å². The van der Waals surface area contributed by atoms with E-state index in [-0.39, 0.29) is 36.5 Å². The average Bonchev–Trinajstić information content (AvgIpc) is 2.48. The number of rotatable bonds is 8. The highest BCUT2D eigenvalue weighted by atomic mass is 19.1. The molecule has 22 heavy (non-hydrogen) atoms. The van der Waals surface area contributed by atoms with Crippen molar-refractivity contribution < 1.29 is 33.3 Å². The van der Waals surface area contributed by atoms with Crippen molar-refractivity contribution in [2.24, 2.45) is 5.92 Å². The van der Waals surface area contributed by atoms with E-state index in [1.54, 1.807) is 6.92 Å². The summed E-state index contributed by atoms with van der Waals surface area (Å²) in [5.41, 5.74) is 0.244. The highest BCUT2D eigenvalue weighted by Gasteiger charge is 2.28. The molecule has 7 heteroatoms. The van der Waals surface area contributed by atoms with E-state index in [0.29, 0.717) is 0 Å². The Hall–Kier alpha value is -2.31. The monoisotopic (exact) mass is 314 g/mol. The van der Waals surface area contributed by atoms with Crippen molar-refractivity contribution in [1.29, 1.82) is 0 Å². The molecule has 1 aromatic carbocycles. The van der Waals surface area contributed by atoms with Crippen LogP contribution in [-0.4, -0.2) is 37.9 Å². The van der Waals surface area contributed by atoms with Gasteiger partial charge < -0.3 is 19.3 Å². The Morgan fingerprint density at radius 3 is 2.45 bits per heavy atom. The number of ether oxygens (including phenoxy) is 3. The summed E-state index contributed by atoms with van der Waals surface area (Å²) in [6.45, 7) is 1.68. The van der Waals surface area contributed by atoms with E-state index in [2.05, 4.69) is 0 Å². The highest BCUT2D eigenvalue weighted by molar-refractivity contribution is 5.93. The zero-order valence-corrected chi connectivity index (χ0v) is 12.7. The molecule has 0 amide bonds. The first kappa shape index (κ1) is 17.7. The van der Waals surface area contributed by atoms with Crippen LogP contribution in [0.2, 0.25) is 0 Å². The van der Waals surface area contributed by atoms with E-state index in [9.17, 15) is 14.0 Å². The second kappa shape index (κ2) is 8.21. The van der Waals surface area contributed by atoms with Gasteiger partial charge >= 0.3 is 11.9 Å². The molecule has 0 aliphatic carbocycles. The number of aryl methyl sites for hydroxylation is 1.